The lowest BCUT2D eigenvalue weighted by molar-refractivity contribution is -0.123. The molecule has 5 nitrogen and oxygen atoms in total. The fourth-order valence-corrected chi connectivity index (χ4v) is 2.47. The molecule has 0 saturated heterocycles. The number of nitrogens with one attached hydrogen (secondary N) is 1. The summed E-state index contributed by atoms with van der Waals surface area (Å²) in [6.45, 7) is 5.83. The first-order valence-corrected chi connectivity index (χ1v) is 7.53. The Labute approximate surface area is 135 Å². The van der Waals surface area contributed by atoms with Crippen molar-refractivity contribution in [3.8, 4) is 5.75 Å². The van der Waals surface area contributed by atoms with E-state index in [1.54, 1.807) is 0 Å². The van der Waals surface area contributed by atoms with Crippen LogP contribution in [-0.2, 0) is 18.3 Å². The van der Waals surface area contributed by atoms with Crippen molar-refractivity contribution in [2.75, 3.05) is 6.61 Å². The molecule has 6 heteroatoms. The molecule has 1 atom stereocenters. The summed E-state index contributed by atoms with van der Waals surface area (Å²) in [7, 11) is 1.91. The Morgan fingerprint density at radius 1 is 1.35 bits per heavy atom. The smallest absolute Gasteiger partial charge is 0.258 e. The van der Waals surface area contributed by atoms with E-state index in [9.17, 15) is 9.18 Å². The molecule has 0 fully saturated rings. The normalized spacial score (nSPS) is 12.0. The summed E-state index contributed by atoms with van der Waals surface area (Å²) in [6.07, 6.45) is 0.716. The minimum atomic E-state index is -0.336. The molecule has 0 aliphatic heterocycles. The molecule has 0 bridgehead atoms. The van der Waals surface area contributed by atoms with Crippen molar-refractivity contribution in [2.24, 2.45) is 7.05 Å². The first-order chi connectivity index (χ1) is 10.9. The van der Waals surface area contributed by atoms with E-state index >= 15 is 0 Å². The van der Waals surface area contributed by atoms with E-state index in [4.69, 9.17) is 4.74 Å². The predicted octanol–water partition coefficient (Wildman–Crippen LogP) is 2.30. The summed E-state index contributed by atoms with van der Waals surface area (Å²) >= 11 is 0. The molecule has 1 amide bonds. The lowest BCUT2D eigenvalue weighted by Gasteiger charge is -2.14. The molecule has 0 saturated carbocycles. The zero-order valence-electron chi connectivity index (χ0n) is 13.9. The van der Waals surface area contributed by atoms with E-state index in [1.165, 1.54) is 24.3 Å². The van der Waals surface area contributed by atoms with Gasteiger partial charge in [-0.3, -0.25) is 9.48 Å². The quantitative estimate of drug-likeness (QED) is 0.889. The zero-order valence-corrected chi connectivity index (χ0v) is 13.9. The Hall–Kier alpha value is -2.37. The third-order valence-electron chi connectivity index (χ3n) is 3.76. The van der Waals surface area contributed by atoms with Crippen LogP contribution in [0.4, 0.5) is 4.39 Å². The van der Waals surface area contributed by atoms with Crippen LogP contribution < -0.4 is 10.1 Å². The van der Waals surface area contributed by atoms with Crippen molar-refractivity contribution < 1.29 is 13.9 Å². The van der Waals surface area contributed by atoms with Gasteiger partial charge in [-0.05, 0) is 57.0 Å². The second-order valence-electron chi connectivity index (χ2n) is 5.69. The summed E-state index contributed by atoms with van der Waals surface area (Å²) < 4.78 is 20.0. The Balaban J connectivity index is 1.83. The van der Waals surface area contributed by atoms with Crippen molar-refractivity contribution in [1.29, 1.82) is 0 Å². The van der Waals surface area contributed by atoms with Crippen molar-refractivity contribution >= 4 is 5.91 Å². The van der Waals surface area contributed by atoms with Gasteiger partial charge in [0.2, 0.25) is 0 Å². The largest absolute Gasteiger partial charge is 0.484 e. The van der Waals surface area contributed by atoms with Gasteiger partial charge in [0.25, 0.3) is 5.91 Å². The molecule has 2 rings (SSSR count). The summed E-state index contributed by atoms with van der Waals surface area (Å²) in [5.74, 6) is -0.0770. The molecule has 124 valence electrons. The summed E-state index contributed by atoms with van der Waals surface area (Å²) in [6, 6.07) is 5.55. The van der Waals surface area contributed by atoms with E-state index in [0.29, 0.717) is 12.2 Å². The molecule has 0 spiro atoms. The van der Waals surface area contributed by atoms with Crippen molar-refractivity contribution in [3.63, 3.8) is 0 Å². The van der Waals surface area contributed by atoms with Gasteiger partial charge < -0.3 is 10.1 Å². The summed E-state index contributed by atoms with van der Waals surface area (Å²) in [5, 5.41) is 7.27. The number of amides is 1. The monoisotopic (exact) mass is 319 g/mol. The molecular weight excluding hydrogens is 297 g/mol. The standard InChI is InChI=1S/C17H22FN3O2/c1-11(9-16-12(2)20-21(4)13(16)3)19-17(22)10-23-15-7-5-14(18)6-8-15/h5-8,11H,9-10H2,1-4H3,(H,19,22). The van der Waals surface area contributed by atoms with Crippen LogP contribution in [0.15, 0.2) is 24.3 Å². The third-order valence-corrected chi connectivity index (χ3v) is 3.76. The number of aryl methyl sites for hydroxylation is 2. The number of hydrogen-bond donors (Lipinski definition) is 1. The molecule has 1 aromatic carbocycles. The van der Waals surface area contributed by atoms with Crippen LogP contribution in [-0.4, -0.2) is 28.3 Å². The summed E-state index contributed by atoms with van der Waals surface area (Å²) in [5.41, 5.74) is 3.24. The molecular formula is C17H22FN3O2. The highest BCUT2D eigenvalue weighted by Crippen LogP contribution is 2.14. The van der Waals surface area contributed by atoms with Crippen LogP contribution in [0.25, 0.3) is 0 Å². The number of carbonyl (C=O) groups excluding carboxylic acids is 1. The van der Waals surface area contributed by atoms with Gasteiger partial charge in [-0.25, -0.2) is 4.39 Å². The van der Waals surface area contributed by atoms with Gasteiger partial charge in [0, 0.05) is 18.8 Å². The predicted molar refractivity (Wildman–Crippen MR) is 85.9 cm³/mol. The molecule has 2 aromatic rings. The van der Waals surface area contributed by atoms with Crippen molar-refractivity contribution in [1.82, 2.24) is 15.1 Å². The minimum absolute atomic E-state index is 0.0269. The number of carbonyl (C=O) groups is 1. The molecule has 1 unspecified atom stereocenters. The molecule has 1 aromatic heterocycles. The van der Waals surface area contributed by atoms with Gasteiger partial charge in [0.1, 0.15) is 11.6 Å². The maximum atomic E-state index is 12.8. The SMILES string of the molecule is Cc1nn(C)c(C)c1CC(C)NC(=O)COc1ccc(F)cc1. The van der Waals surface area contributed by atoms with Gasteiger partial charge >= 0.3 is 0 Å². The van der Waals surface area contributed by atoms with Crippen molar-refractivity contribution in [3.05, 3.63) is 47.0 Å². The van der Waals surface area contributed by atoms with Crippen LogP contribution in [0.3, 0.4) is 0 Å². The fraction of sp³-hybridized carbons (Fsp3) is 0.412. The van der Waals surface area contributed by atoms with E-state index in [-0.39, 0.29) is 24.4 Å². The highest BCUT2D eigenvalue weighted by molar-refractivity contribution is 5.77. The van der Waals surface area contributed by atoms with Crippen LogP contribution in [0.2, 0.25) is 0 Å². The number of nitrogens with zero attached hydrogens (tertiary/aromatic N) is 2. The van der Waals surface area contributed by atoms with E-state index < -0.39 is 0 Å². The second kappa shape index (κ2) is 7.26. The molecule has 23 heavy (non-hydrogen) atoms. The third kappa shape index (κ3) is 4.55. The molecule has 0 radical (unpaired) electrons. The number of benzene rings is 1. The number of hydrogen-bond acceptors (Lipinski definition) is 3. The topological polar surface area (TPSA) is 56.2 Å². The maximum absolute atomic E-state index is 12.8. The molecule has 1 N–H and O–H groups in total. The van der Waals surface area contributed by atoms with Crippen molar-refractivity contribution in [2.45, 2.75) is 33.2 Å². The van der Waals surface area contributed by atoms with E-state index in [1.807, 2.05) is 32.5 Å². The van der Waals surface area contributed by atoms with Crippen LogP contribution in [0, 0.1) is 19.7 Å². The fourth-order valence-electron chi connectivity index (χ4n) is 2.47. The van der Waals surface area contributed by atoms with Gasteiger partial charge in [-0.1, -0.05) is 0 Å². The van der Waals surface area contributed by atoms with Crippen LogP contribution in [0.5, 0.6) is 5.75 Å². The average Bonchev–Trinajstić information content (AvgIpc) is 2.73. The van der Waals surface area contributed by atoms with Gasteiger partial charge in [0.05, 0.1) is 5.69 Å². The Morgan fingerprint density at radius 3 is 2.57 bits per heavy atom. The summed E-state index contributed by atoms with van der Waals surface area (Å²) in [4.78, 5) is 11.9. The second-order valence-corrected chi connectivity index (χ2v) is 5.69. The number of ether oxygens (including phenoxy) is 1. The Kier molecular flexibility index (Phi) is 5.36. The highest BCUT2D eigenvalue weighted by Gasteiger charge is 2.15. The lowest BCUT2D eigenvalue weighted by atomic mass is 10.1. The number of halogens is 1. The number of rotatable bonds is 6. The molecule has 0 aliphatic rings. The minimum Gasteiger partial charge on any atom is -0.484 e. The van der Waals surface area contributed by atoms with Gasteiger partial charge in [-0.15, -0.1) is 0 Å². The van der Waals surface area contributed by atoms with Gasteiger partial charge in [-0.2, -0.15) is 5.10 Å². The lowest BCUT2D eigenvalue weighted by Crippen LogP contribution is -2.37. The number of aromatic nitrogens is 2. The molecule has 1 heterocycles. The van der Waals surface area contributed by atoms with E-state index in [0.717, 1.165) is 17.0 Å². The maximum Gasteiger partial charge on any atom is 0.258 e. The van der Waals surface area contributed by atoms with Crippen LogP contribution >= 0.6 is 0 Å². The van der Waals surface area contributed by atoms with Crippen LogP contribution in [0.1, 0.15) is 23.9 Å². The Morgan fingerprint density at radius 2 is 2.00 bits per heavy atom. The Bertz CT molecular complexity index is 680. The average molecular weight is 319 g/mol. The van der Waals surface area contributed by atoms with Gasteiger partial charge in [0.15, 0.2) is 6.61 Å². The molecule has 0 aliphatic carbocycles. The first kappa shape index (κ1) is 17.0. The first-order valence-electron chi connectivity index (χ1n) is 7.53. The van der Waals surface area contributed by atoms with E-state index in [2.05, 4.69) is 10.4 Å². The zero-order chi connectivity index (χ0) is 17.0. The highest BCUT2D eigenvalue weighted by atomic mass is 19.1.